The number of halogens is 3. The van der Waals surface area contributed by atoms with E-state index in [1.165, 1.54) is 18.2 Å². The van der Waals surface area contributed by atoms with E-state index >= 15 is 0 Å². The van der Waals surface area contributed by atoms with Crippen LogP contribution in [0, 0.1) is 0 Å². The van der Waals surface area contributed by atoms with Crippen molar-refractivity contribution in [2.75, 3.05) is 4.72 Å². The summed E-state index contributed by atoms with van der Waals surface area (Å²) < 4.78 is 41.5. The van der Waals surface area contributed by atoms with Gasteiger partial charge in [-0.15, -0.1) is 5.10 Å². The lowest BCUT2D eigenvalue weighted by Gasteiger charge is -2.13. The van der Waals surface area contributed by atoms with Crippen molar-refractivity contribution in [2.45, 2.75) is 11.1 Å². The van der Waals surface area contributed by atoms with Crippen LogP contribution in [-0.4, -0.2) is 5.84 Å². The summed E-state index contributed by atoms with van der Waals surface area (Å²) in [6.07, 6.45) is -4.42. The minimum atomic E-state index is -4.42. The van der Waals surface area contributed by atoms with Crippen molar-refractivity contribution < 1.29 is 13.2 Å². The van der Waals surface area contributed by atoms with Crippen molar-refractivity contribution >= 4 is 23.5 Å². The number of benzene rings is 2. The van der Waals surface area contributed by atoms with E-state index in [9.17, 15) is 13.2 Å². The van der Waals surface area contributed by atoms with Crippen molar-refractivity contribution in [1.29, 1.82) is 0 Å². The largest absolute Gasteiger partial charge is 0.418 e. The van der Waals surface area contributed by atoms with Gasteiger partial charge in [0.2, 0.25) is 0 Å². The molecule has 0 saturated heterocycles. The van der Waals surface area contributed by atoms with Gasteiger partial charge in [-0.3, -0.25) is 0 Å². The summed E-state index contributed by atoms with van der Waals surface area (Å²) in [6, 6.07) is 12.1. The Morgan fingerprint density at radius 1 is 1.09 bits per heavy atom. The zero-order valence-corrected chi connectivity index (χ0v) is 12.6. The summed E-state index contributed by atoms with van der Waals surface area (Å²) in [5.74, 6) is 5.23. The first-order chi connectivity index (χ1) is 10.9. The molecule has 6 N–H and O–H groups in total. The first-order valence-electron chi connectivity index (χ1n) is 6.40. The van der Waals surface area contributed by atoms with Crippen molar-refractivity contribution in [3.63, 3.8) is 0 Å². The van der Waals surface area contributed by atoms with Gasteiger partial charge in [0.25, 0.3) is 0 Å². The Bertz CT molecular complexity index is 703. The third-order valence-electron chi connectivity index (χ3n) is 2.83. The molecular formula is C14H14F3N5S. The second-order valence-corrected chi connectivity index (χ2v) is 5.28. The number of alkyl halides is 3. The average Bonchev–Trinajstić information content (AvgIpc) is 2.53. The van der Waals surface area contributed by atoms with Gasteiger partial charge in [0.1, 0.15) is 0 Å². The van der Waals surface area contributed by atoms with Crippen LogP contribution >= 0.6 is 11.9 Å². The van der Waals surface area contributed by atoms with Gasteiger partial charge < -0.3 is 10.5 Å². The first kappa shape index (κ1) is 17.0. The molecule has 0 aliphatic rings. The number of hydrazone groups is 1. The Morgan fingerprint density at radius 2 is 1.83 bits per heavy atom. The highest BCUT2D eigenvalue weighted by molar-refractivity contribution is 8.00. The lowest BCUT2D eigenvalue weighted by Crippen LogP contribution is -2.22. The smallest absolute Gasteiger partial charge is 0.382 e. The summed E-state index contributed by atoms with van der Waals surface area (Å²) in [5.41, 5.74) is 7.63. The fourth-order valence-electron chi connectivity index (χ4n) is 1.79. The molecule has 2 aromatic carbocycles. The Kier molecular flexibility index (Phi) is 5.35. The zero-order valence-electron chi connectivity index (χ0n) is 11.8. The third-order valence-corrected chi connectivity index (χ3v) is 3.64. The van der Waals surface area contributed by atoms with Crippen molar-refractivity contribution in [3.05, 3.63) is 59.7 Å². The van der Waals surface area contributed by atoms with Gasteiger partial charge in [-0.25, -0.2) is 11.4 Å². The van der Waals surface area contributed by atoms with Gasteiger partial charge >= 0.3 is 6.18 Å². The Labute approximate surface area is 135 Å². The van der Waals surface area contributed by atoms with Gasteiger partial charge in [-0.2, -0.15) is 13.2 Å². The number of hydrogen-bond acceptors (Lipinski definition) is 5. The second-order valence-electron chi connectivity index (χ2n) is 4.40. The lowest BCUT2D eigenvalue weighted by molar-refractivity contribution is -0.136. The molecule has 0 radical (unpaired) electrons. The number of anilines is 1. The predicted octanol–water partition coefficient (Wildman–Crippen LogP) is 2.91. The fourth-order valence-corrected chi connectivity index (χ4v) is 2.52. The Balaban J connectivity index is 2.16. The van der Waals surface area contributed by atoms with E-state index in [0.717, 1.165) is 18.0 Å². The molecule has 0 bridgehead atoms. The SMILES string of the molecule is NN/N=C(\N)c1cccc(SNc2ccccc2C(F)(F)F)c1. The number of para-hydroxylation sites is 1. The number of hydrazine groups is 1. The summed E-state index contributed by atoms with van der Waals surface area (Å²) in [7, 11) is 0. The molecule has 0 aromatic heterocycles. The second kappa shape index (κ2) is 7.25. The molecular weight excluding hydrogens is 327 g/mol. The molecule has 0 saturated carbocycles. The minimum absolute atomic E-state index is 0.0133. The summed E-state index contributed by atoms with van der Waals surface area (Å²) in [6.45, 7) is 0. The van der Waals surface area contributed by atoms with Crippen LogP contribution in [0.2, 0.25) is 0 Å². The number of nitrogens with one attached hydrogen (secondary N) is 2. The van der Waals surface area contributed by atoms with E-state index in [-0.39, 0.29) is 11.5 Å². The van der Waals surface area contributed by atoms with Gasteiger partial charge in [0, 0.05) is 10.5 Å². The van der Waals surface area contributed by atoms with Gasteiger partial charge in [0.05, 0.1) is 11.3 Å². The summed E-state index contributed by atoms with van der Waals surface area (Å²) >= 11 is 1.04. The van der Waals surface area contributed by atoms with Crippen molar-refractivity contribution in [3.8, 4) is 0 Å². The van der Waals surface area contributed by atoms with E-state index in [0.29, 0.717) is 10.5 Å². The lowest BCUT2D eigenvalue weighted by atomic mass is 10.2. The van der Waals surface area contributed by atoms with Crippen LogP contribution in [-0.2, 0) is 6.18 Å². The van der Waals surface area contributed by atoms with Crippen LogP contribution in [0.15, 0.2) is 58.5 Å². The quantitative estimate of drug-likeness (QED) is 0.221. The van der Waals surface area contributed by atoms with Crippen LogP contribution in [0.4, 0.5) is 18.9 Å². The highest BCUT2D eigenvalue weighted by atomic mass is 32.2. The molecule has 5 nitrogen and oxygen atoms in total. The standard InChI is InChI=1S/C14H14F3N5S/c15-14(16,17)11-6-1-2-7-12(11)21-23-10-5-3-4-9(8-10)13(18)20-22-19/h1-8,21-22H,19H2,(H2,18,20). The molecule has 0 unspecified atom stereocenters. The number of nitrogens with two attached hydrogens (primary N) is 2. The summed E-state index contributed by atoms with van der Waals surface area (Å²) in [5, 5.41) is 3.64. The van der Waals surface area contributed by atoms with E-state index in [1.54, 1.807) is 24.3 Å². The van der Waals surface area contributed by atoms with Crippen LogP contribution in [0.1, 0.15) is 11.1 Å². The van der Waals surface area contributed by atoms with Gasteiger partial charge in [-0.1, -0.05) is 24.3 Å². The summed E-state index contributed by atoms with van der Waals surface area (Å²) in [4.78, 5) is 0.676. The van der Waals surface area contributed by atoms with Crippen LogP contribution in [0.3, 0.4) is 0 Å². The maximum absolute atomic E-state index is 12.9. The number of nitrogens with zero attached hydrogens (tertiary/aromatic N) is 1. The number of amidine groups is 1. The molecule has 2 aromatic rings. The highest BCUT2D eigenvalue weighted by Gasteiger charge is 2.33. The molecule has 0 amide bonds. The van der Waals surface area contributed by atoms with Crippen molar-refractivity contribution in [2.24, 2.45) is 16.7 Å². The molecule has 0 aliphatic carbocycles. The third kappa shape index (κ3) is 4.54. The fraction of sp³-hybridized carbons (Fsp3) is 0.0714. The van der Waals surface area contributed by atoms with E-state index in [1.807, 2.05) is 0 Å². The molecule has 0 heterocycles. The van der Waals surface area contributed by atoms with E-state index in [2.05, 4.69) is 15.4 Å². The monoisotopic (exact) mass is 341 g/mol. The molecule has 0 aliphatic heterocycles. The van der Waals surface area contributed by atoms with Gasteiger partial charge in [0.15, 0.2) is 5.84 Å². The molecule has 122 valence electrons. The molecule has 9 heteroatoms. The van der Waals surface area contributed by atoms with E-state index in [4.69, 9.17) is 11.6 Å². The number of rotatable bonds is 5. The highest BCUT2D eigenvalue weighted by Crippen LogP contribution is 2.36. The van der Waals surface area contributed by atoms with Gasteiger partial charge in [-0.05, 0) is 36.2 Å². The molecule has 0 fully saturated rings. The molecule has 23 heavy (non-hydrogen) atoms. The predicted molar refractivity (Wildman–Crippen MR) is 85.4 cm³/mol. The molecule has 2 rings (SSSR count). The first-order valence-corrected chi connectivity index (χ1v) is 7.21. The Hall–Kier alpha value is -2.39. The normalized spacial score (nSPS) is 12.1. The minimum Gasteiger partial charge on any atom is -0.382 e. The Morgan fingerprint density at radius 3 is 2.52 bits per heavy atom. The van der Waals surface area contributed by atoms with Crippen LogP contribution < -0.4 is 21.8 Å². The molecule has 0 atom stereocenters. The molecule has 0 spiro atoms. The van der Waals surface area contributed by atoms with E-state index < -0.39 is 11.7 Å². The zero-order chi connectivity index (χ0) is 16.9. The maximum Gasteiger partial charge on any atom is 0.418 e. The maximum atomic E-state index is 12.9. The average molecular weight is 341 g/mol. The van der Waals surface area contributed by atoms with Crippen molar-refractivity contribution in [1.82, 2.24) is 5.53 Å². The van der Waals surface area contributed by atoms with Crippen LogP contribution in [0.5, 0.6) is 0 Å². The topological polar surface area (TPSA) is 88.5 Å². The number of hydrogen-bond donors (Lipinski definition) is 4. The van der Waals surface area contributed by atoms with Crippen LogP contribution in [0.25, 0.3) is 0 Å².